The summed E-state index contributed by atoms with van der Waals surface area (Å²) in [5.74, 6) is -0.0588. The zero-order chi connectivity index (χ0) is 15.1. The van der Waals surface area contributed by atoms with E-state index in [4.69, 9.17) is 4.74 Å². The molecule has 22 heavy (non-hydrogen) atoms. The third kappa shape index (κ3) is 2.24. The van der Waals surface area contributed by atoms with Crippen molar-refractivity contribution in [2.24, 2.45) is 0 Å². The normalized spacial score (nSPS) is 26.2. The Morgan fingerprint density at radius 3 is 2.91 bits per heavy atom. The highest BCUT2D eigenvalue weighted by molar-refractivity contribution is 5.92. The number of fused-ring (bicyclic) bond motifs is 1. The van der Waals surface area contributed by atoms with Crippen LogP contribution in [0.25, 0.3) is 16.5 Å². The van der Waals surface area contributed by atoms with Crippen LogP contribution in [0, 0.1) is 0 Å². The molecule has 4 nitrogen and oxygen atoms in total. The molecule has 1 saturated heterocycles. The van der Waals surface area contributed by atoms with Crippen LogP contribution in [-0.4, -0.2) is 41.1 Å². The van der Waals surface area contributed by atoms with Crippen molar-refractivity contribution in [1.29, 1.82) is 0 Å². The number of carbonyl (C=O) groups excluding carboxylic acids is 1. The van der Waals surface area contributed by atoms with Gasteiger partial charge in [0.05, 0.1) is 0 Å². The van der Waals surface area contributed by atoms with Crippen LogP contribution < -0.4 is 0 Å². The van der Waals surface area contributed by atoms with Crippen LogP contribution in [0.15, 0.2) is 36.5 Å². The molecule has 2 atom stereocenters. The Hall–Kier alpha value is -2.07. The Morgan fingerprint density at radius 2 is 2.18 bits per heavy atom. The van der Waals surface area contributed by atoms with Gasteiger partial charge in [0, 0.05) is 42.2 Å². The molecule has 0 radical (unpaired) electrons. The average molecular weight is 296 g/mol. The SMILES string of the molecule is C[C@@H]1C[C@H](N2CC=C(c3c[nH]c4ccccc34)CC2)C(=O)O1. The van der Waals surface area contributed by atoms with E-state index in [1.807, 2.05) is 13.0 Å². The minimum absolute atomic E-state index is 0.0523. The van der Waals surface area contributed by atoms with Gasteiger partial charge in [-0.15, -0.1) is 0 Å². The van der Waals surface area contributed by atoms with Gasteiger partial charge >= 0.3 is 5.97 Å². The standard InChI is InChI=1S/C18H20N2O2/c1-12-10-17(18(21)22-12)20-8-6-13(7-9-20)15-11-19-16-5-3-2-4-14(15)16/h2-6,11-12,17,19H,7-10H2,1H3/t12-,17+/m1/s1. The van der Waals surface area contributed by atoms with Gasteiger partial charge in [0.2, 0.25) is 0 Å². The number of rotatable bonds is 2. The third-order valence-electron chi connectivity index (χ3n) is 4.76. The number of cyclic esters (lactones) is 1. The second kappa shape index (κ2) is 5.29. The van der Waals surface area contributed by atoms with Crippen LogP contribution in [0.4, 0.5) is 0 Å². The molecule has 0 bridgehead atoms. The molecule has 114 valence electrons. The molecule has 4 heteroatoms. The van der Waals surface area contributed by atoms with Gasteiger partial charge < -0.3 is 9.72 Å². The number of hydrogen-bond acceptors (Lipinski definition) is 3. The van der Waals surface area contributed by atoms with Gasteiger partial charge in [-0.3, -0.25) is 9.69 Å². The summed E-state index contributed by atoms with van der Waals surface area (Å²) in [5.41, 5.74) is 3.83. The number of ether oxygens (including phenoxy) is 1. The summed E-state index contributed by atoms with van der Waals surface area (Å²) in [6, 6.07) is 8.32. The fourth-order valence-corrected chi connectivity index (χ4v) is 3.58. The highest BCUT2D eigenvalue weighted by Crippen LogP contribution is 2.31. The molecule has 4 rings (SSSR count). The van der Waals surface area contributed by atoms with Gasteiger partial charge in [0.25, 0.3) is 0 Å². The summed E-state index contributed by atoms with van der Waals surface area (Å²) in [7, 11) is 0. The monoisotopic (exact) mass is 296 g/mol. The first kappa shape index (κ1) is 13.6. The molecule has 1 aromatic heterocycles. The highest BCUT2D eigenvalue weighted by Gasteiger charge is 2.36. The molecular formula is C18H20N2O2. The summed E-state index contributed by atoms with van der Waals surface area (Å²) in [6.07, 6.45) is 6.19. The van der Waals surface area contributed by atoms with E-state index in [1.165, 1.54) is 22.0 Å². The molecule has 0 saturated carbocycles. The van der Waals surface area contributed by atoms with E-state index in [0.29, 0.717) is 0 Å². The first-order chi connectivity index (χ1) is 10.7. The number of esters is 1. The van der Waals surface area contributed by atoms with E-state index >= 15 is 0 Å². The molecule has 0 amide bonds. The van der Waals surface area contributed by atoms with Crippen molar-refractivity contribution in [2.45, 2.75) is 31.9 Å². The lowest BCUT2D eigenvalue weighted by atomic mass is 9.97. The molecule has 1 N–H and O–H groups in total. The first-order valence-corrected chi connectivity index (χ1v) is 7.92. The maximum absolute atomic E-state index is 11.9. The molecule has 2 aliphatic heterocycles. The van der Waals surface area contributed by atoms with Crippen LogP contribution in [0.1, 0.15) is 25.3 Å². The van der Waals surface area contributed by atoms with E-state index < -0.39 is 0 Å². The number of hydrogen-bond donors (Lipinski definition) is 1. The Labute approximate surface area is 129 Å². The predicted octanol–water partition coefficient (Wildman–Crippen LogP) is 2.96. The minimum Gasteiger partial charge on any atom is -0.461 e. The molecule has 0 unspecified atom stereocenters. The Bertz CT molecular complexity index is 746. The van der Waals surface area contributed by atoms with Gasteiger partial charge in [-0.05, 0) is 25.0 Å². The maximum atomic E-state index is 11.9. The fraction of sp³-hybridized carbons (Fsp3) is 0.389. The largest absolute Gasteiger partial charge is 0.461 e. The van der Waals surface area contributed by atoms with E-state index in [2.05, 4.69) is 40.4 Å². The molecule has 2 aromatic rings. The van der Waals surface area contributed by atoms with Crippen molar-refractivity contribution in [3.8, 4) is 0 Å². The molecule has 3 heterocycles. The van der Waals surface area contributed by atoms with Crippen LogP contribution in [-0.2, 0) is 9.53 Å². The van der Waals surface area contributed by atoms with Crippen molar-refractivity contribution in [3.63, 3.8) is 0 Å². The zero-order valence-corrected chi connectivity index (χ0v) is 12.7. The molecule has 0 aliphatic carbocycles. The van der Waals surface area contributed by atoms with Crippen LogP contribution in [0.3, 0.4) is 0 Å². The fourth-order valence-electron chi connectivity index (χ4n) is 3.58. The van der Waals surface area contributed by atoms with Gasteiger partial charge in [0.15, 0.2) is 0 Å². The first-order valence-electron chi connectivity index (χ1n) is 7.92. The number of aromatic nitrogens is 1. The van der Waals surface area contributed by atoms with Crippen molar-refractivity contribution in [2.75, 3.05) is 13.1 Å². The van der Waals surface area contributed by atoms with Crippen molar-refractivity contribution in [1.82, 2.24) is 9.88 Å². The van der Waals surface area contributed by atoms with Crippen LogP contribution in [0.5, 0.6) is 0 Å². The second-order valence-electron chi connectivity index (χ2n) is 6.22. The summed E-state index contributed by atoms with van der Waals surface area (Å²) >= 11 is 0. The van der Waals surface area contributed by atoms with Crippen molar-refractivity contribution >= 4 is 22.4 Å². The third-order valence-corrected chi connectivity index (χ3v) is 4.76. The smallest absolute Gasteiger partial charge is 0.323 e. The Balaban J connectivity index is 1.55. The lowest BCUT2D eigenvalue weighted by molar-refractivity contribution is -0.144. The van der Waals surface area contributed by atoms with E-state index in [-0.39, 0.29) is 18.1 Å². The highest BCUT2D eigenvalue weighted by atomic mass is 16.6. The van der Waals surface area contributed by atoms with Gasteiger partial charge in [-0.1, -0.05) is 24.3 Å². The van der Waals surface area contributed by atoms with E-state index in [9.17, 15) is 4.79 Å². The number of aromatic amines is 1. The van der Waals surface area contributed by atoms with Crippen molar-refractivity contribution in [3.05, 3.63) is 42.1 Å². The molecule has 0 spiro atoms. The van der Waals surface area contributed by atoms with Gasteiger partial charge in [-0.25, -0.2) is 0 Å². The number of carbonyl (C=O) groups is 1. The van der Waals surface area contributed by atoms with E-state index in [0.717, 1.165) is 25.9 Å². The van der Waals surface area contributed by atoms with Gasteiger partial charge in [0.1, 0.15) is 12.1 Å². The zero-order valence-electron chi connectivity index (χ0n) is 12.7. The topological polar surface area (TPSA) is 45.3 Å². The second-order valence-corrected chi connectivity index (χ2v) is 6.22. The minimum atomic E-state index is -0.0595. The number of benzene rings is 1. The summed E-state index contributed by atoms with van der Waals surface area (Å²) in [4.78, 5) is 17.5. The van der Waals surface area contributed by atoms with Crippen LogP contribution >= 0.6 is 0 Å². The lowest BCUT2D eigenvalue weighted by Gasteiger charge is -2.29. The molecule has 1 fully saturated rings. The average Bonchev–Trinajstić information content (AvgIpc) is 3.10. The molecule has 2 aliphatic rings. The number of nitrogens with one attached hydrogen (secondary N) is 1. The Morgan fingerprint density at radius 1 is 1.32 bits per heavy atom. The summed E-state index contributed by atoms with van der Waals surface area (Å²) < 4.78 is 5.28. The van der Waals surface area contributed by atoms with Crippen molar-refractivity contribution < 1.29 is 9.53 Å². The maximum Gasteiger partial charge on any atom is 0.323 e. The molecular weight excluding hydrogens is 276 g/mol. The number of para-hydroxylation sites is 1. The summed E-state index contributed by atoms with van der Waals surface area (Å²) in [5, 5.41) is 1.27. The van der Waals surface area contributed by atoms with E-state index in [1.54, 1.807) is 0 Å². The summed E-state index contributed by atoms with van der Waals surface area (Å²) in [6.45, 7) is 3.70. The predicted molar refractivity (Wildman–Crippen MR) is 86.4 cm³/mol. The van der Waals surface area contributed by atoms with Gasteiger partial charge in [-0.2, -0.15) is 0 Å². The molecule has 1 aromatic carbocycles. The number of nitrogens with zero attached hydrogens (tertiary/aromatic N) is 1. The van der Waals surface area contributed by atoms with Crippen LogP contribution in [0.2, 0.25) is 0 Å². The Kier molecular flexibility index (Phi) is 3.26. The quantitative estimate of drug-likeness (QED) is 0.867. The number of H-pyrrole nitrogens is 1. The lowest BCUT2D eigenvalue weighted by Crippen LogP contribution is -2.41.